The van der Waals surface area contributed by atoms with Gasteiger partial charge in [-0.3, -0.25) is 13.9 Å². The summed E-state index contributed by atoms with van der Waals surface area (Å²) < 4.78 is 29.8. The second kappa shape index (κ2) is 12.8. The molecule has 0 aromatic heterocycles. The van der Waals surface area contributed by atoms with Crippen LogP contribution in [0.1, 0.15) is 43.0 Å². The van der Waals surface area contributed by atoms with Crippen LogP contribution in [0, 0.1) is 20.8 Å². The summed E-state index contributed by atoms with van der Waals surface area (Å²) in [7, 11) is -4.10. The molecule has 1 atom stereocenters. The van der Waals surface area contributed by atoms with Gasteiger partial charge in [-0.1, -0.05) is 51.8 Å². The van der Waals surface area contributed by atoms with E-state index < -0.39 is 28.5 Å². The van der Waals surface area contributed by atoms with Gasteiger partial charge in [-0.05, 0) is 94.6 Å². The highest BCUT2D eigenvalue weighted by molar-refractivity contribution is 9.10. The van der Waals surface area contributed by atoms with Gasteiger partial charge in [-0.2, -0.15) is 0 Å². The number of rotatable bonds is 10. The van der Waals surface area contributed by atoms with Crippen molar-refractivity contribution in [3.8, 4) is 0 Å². The molecular formula is C30H36BrN3O4S. The van der Waals surface area contributed by atoms with Crippen molar-refractivity contribution in [3.63, 3.8) is 0 Å². The highest BCUT2D eigenvalue weighted by Crippen LogP contribution is 2.27. The largest absolute Gasteiger partial charge is 0.352 e. The van der Waals surface area contributed by atoms with E-state index in [9.17, 15) is 18.0 Å². The maximum atomic E-state index is 14.0. The summed E-state index contributed by atoms with van der Waals surface area (Å²) in [5.74, 6) is -0.803. The minimum absolute atomic E-state index is 0.0864. The molecule has 1 unspecified atom stereocenters. The number of nitrogens with zero attached hydrogens (tertiary/aromatic N) is 2. The predicted molar refractivity (Wildman–Crippen MR) is 159 cm³/mol. The number of hydrogen-bond donors (Lipinski definition) is 1. The van der Waals surface area contributed by atoms with Crippen molar-refractivity contribution in [3.05, 3.63) is 93.5 Å². The lowest BCUT2D eigenvalue weighted by atomic mass is 10.1. The van der Waals surface area contributed by atoms with Crippen LogP contribution in [-0.2, 0) is 26.2 Å². The van der Waals surface area contributed by atoms with Crippen molar-refractivity contribution < 1.29 is 18.0 Å². The molecule has 0 saturated heterocycles. The van der Waals surface area contributed by atoms with Gasteiger partial charge in [0.25, 0.3) is 10.0 Å². The Morgan fingerprint density at radius 1 is 0.897 bits per heavy atom. The number of anilines is 1. The van der Waals surface area contributed by atoms with Crippen molar-refractivity contribution in [1.82, 2.24) is 10.2 Å². The first-order chi connectivity index (χ1) is 18.3. The predicted octanol–water partition coefficient (Wildman–Crippen LogP) is 5.51. The number of sulfonamides is 1. The third kappa shape index (κ3) is 7.70. The second-order valence-corrected chi connectivity index (χ2v) is 12.9. The van der Waals surface area contributed by atoms with Crippen molar-refractivity contribution in [1.29, 1.82) is 0 Å². The van der Waals surface area contributed by atoms with E-state index >= 15 is 0 Å². The van der Waals surface area contributed by atoms with Crippen LogP contribution in [-0.4, -0.2) is 43.8 Å². The van der Waals surface area contributed by atoms with E-state index in [-0.39, 0.29) is 23.4 Å². The summed E-state index contributed by atoms with van der Waals surface area (Å²) in [4.78, 5) is 28.5. The molecule has 0 fully saturated rings. The Balaban J connectivity index is 2.06. The van der Waals surface area contributed by atoms with Gasteiger partial charge in [0.2, 0.25) is 11.8 Å². The van der Waals surface area contributed by atoms with E-state index in [2.05, 4.69) is 21.2 Å². The van der Waals surface area contributed by atoms with E-state index in [0.717, 1.165) is 31.0 Å². The fourth-order valence-corrected chi connectivity index (χ4v) is 5.92. The van der Waals surface area contributed by atoms with E-state index in [1.807, 2.05) is 65.0 Å². The monoisotopic (exact) mass is 613 g/mol. The molecule has 3 rings (SSSR count). The first-order valence-corrected chi connectivity index (χ1v) is 15.0. The summed E-state index contributed by atoms with van der Waals surface area (Å²) in [5, 5.41) is 2.86. The zero-order chi connectivity index (χ0) is 28.9. The highest BCUT2D eigenvalue weighted by atomic mass is 79.9. The maximum absolute atomic E-state index is 14.0. The number of carbonyl (C=O) groups is 2. The molecule has 3 aromatic rings. The maximum Gasteiger partial charge on any atom is 0.264 e. The Bertz CT molecular complexity index is 1440. The van der Waals surface area contributed by atoms with E-state index in [0.29, 0.717) is 5.69 Å². The number of aryl methyl sites for hydroxylation is 3. The molecule has 39 heavy (non-hydrogen) atoms. The van der Waals surface area contributed by atoms with E-state index in [4.69, 9.17) is 0 Å². The van der Waals surface area contributed by atoms with Gasteiger partial charge in [0.15, 0.2) is 0 Å². The molecule has 9 heteroatoms. The summed E-state index contributed by atoms with van der Waals surface area (Å²) >= 11 is 3.46. The zero-order valence-corrected chi connectivity index (χ0v) is 25.6. The Labute approximate surface area is 240 Å². The second-order valence-electron chi connectivity index (χ2n) is 10.1. The van der Waals surface area contributed by atoms with Gasteiger partial charge in [0.1, 0.15) is 12.6 Å². The van der Waals surface area contributed by atoms with Gasteiger partial charge in [0.05, 0.1) is 10.6 Å². The quantitative estimate of drug-likeness (QED) is 0.326. The summed E-state index contributed by atoms with van der Waals surface area (Å²) in [5.41, 5.74) is 4.02. The summed E-state index contributed by atoms with van der Waals surface area (Å²) in [6.07, 6.45) is 0. The third-order valence-corrected chi connectivity index (χ3v) is 8.79. The molecule has 0 aliphatic carbocycles. The minimum atomic E-state index is -4.10. The number of halogens is 1. The van der Waals surface area contributed by atoms with Crippen LogP contribution in [0.15, 0.2) is 76.1 Å². The molecule has 0 spiro atoms. The molecule has 1 N–H and O–H groups in total. The van der Waals surface area contributed by atoms with Crippen molar-refractivity contribution in [2.24, 2.45) is 0 Å². The fourth-order valence-electron chi connectivity index (χ4n) is 4.07. The van der Waals surface area contributed by atoms with Gasteiger partial charge in [0, 0.05) is 17.1 Å². The number of amides is 2. The lowest BCUT2D eigenvalue weighted by Crippen LogP contribution is -2.52. The standard InChI is InChI=1S/C30H36BrN3O4S/c1-20(2)32-30(36)24(6)33(18-25-8-7-9-26(31)17-25)29(35)19-34(27-13-12-22(4)23(5)16-27)39(37,38)28-14-10-21(3)11-15-28/h7-17,20,24H,18-19H2,1-6H3,(H,32,36). The fraction of sp³-hybridized carbons (Fsp3) is 0.333. The summed E-state index contributed by atoms with van der Waals surface area (Å²) in [6.45, 7) is 10.7. The van der Waals surface area contributed by atoms with Gasteiger partial charge < -0.3 is 10.2 Å². The Morgan fingerprint density at radius 3 is 2.15 bits per heavy atom. The van der Waals surface area contributed by atoms with Crippen LogP contribution in [0.5, 0.6) is 0 Å². The zero-order valence-electron chi connectivity index (χ0n) is 23.2. The lowest BCUT2D eigenvalue weighted by Gasteiger charge is -2.32. The smallest absolute Gasteiger partial charge is 0.264 e. The molecule has 0 aliphatic rings. The lowest BCUT2D eigenvalue weighted by molar-refractivity contribution is -0.139. The topological polar surface area (TPSA) is 86.8 Å². The molecule has 3 aromatic carbocycles. The van der Waals surface area contributed by atoms with Crippen LogP contribution < -0.4 is 9.62 Å². The van der Waals surface area contributed by atoms with Crippen LogP contribution in [0.25, 0.3) is 0 Å². The molecule has 208 valence electrons. The third-order valence-electron chi connectivity index (χ3n) is 6.51. The molecule has 7 nitrogen and oxygen atoms in total. The Hall–Kier alpha value is -3.17. The number of nitrogens with one attached hydrogen (secondary N) is 1. The number of hydrogen-bond acceptors (Lipinski definition) is 4. The average molecular weight is 615 g/mol. The summed E-state index contributed by atoms with van der Waals surface area (Å²) in [6, 6.07) is 18.4. The van der Waals surface area contributed by atoms with Gasteiger partial charge in [-0.25, -0.2) is 8.42 Å². The highest BCUT2D eigenvalue weighted by Gasteiger charge is 2.32. The van der Waals surface area contributed by atoms with Crippen LogP contribution in [0.2, 0.25) is 0 Å². The minimum Gasteiger partial charge on any atom is -0.352 e. The van der Waals surface area contributed by atoms with Gasteiger partial charge in [-0.15, -0.1) is 0 Å². The first-order valence-electron chi connectivity index (χ1n) is 12.8. The normalized spacial score (nSPS) is 12.2. The van der Waals surface area contributed by atoms with Gasteiger partial charge >= 0.3 is 0 Å². The van der Waals surface area contributed by atoms with Crippen LogP contribution in [0.4, 0.5) is 5.69 Å². The average Bonchev–Trinajstić information content (AvgIpc) is 2.87. The van der Waals surface area contributed by atoms with Crippen molar-refractivity contribution >= 4 is 43.5 Å². The van der Waals surface area contributed by atoms with E-state index in [1.165, 1.54) is 4.90 Å². The van der Waals surface area contributed by atoms with Crippen molar-refractivity contribution in [2.45, 2.75) is 65.1 Å². The van der Waals surface area contributed by atoms with Crippen LogP contribution in [0.3, 0.4) is 0 Å². The number of benzene rings is 3. The number of carbonyl (C=O) groups excluding carboxylic acids is 2. The SMILES string of the molecule is Cc1ccc(S(=O)(=O)N(CC(=O)N(Cc2cccc(Br)c2)C(C)C(=O)NC(C)C)c2ccc(C)c(C)c2)cc1. The molecule has 0 saturated carbocycles. The first kappa shape index (κ1) is 30.4. The molecule has 0 heterocycles. The molecule has 0 bridgehead atoms. The molecule has 2 amide bonds. The van der Waals surface area contributed by atoms with E-state index in [1.54, 1.807) is 43.3 Å². The molecule has 0 aliphatic heterocycles. The Kier molecular flexibility index (Phi) is 9.96. The molecular weight excluding hydrogens is 578 g/mol. The van der Waals surface area contributed by atoms with Crippen LogP contribution >= 0.6 is 15.9 Å². The Morgan fingerprint density at radius 2 is 1.56 bits per heavy atom. The molecule has 0 radical (unpaired) electrons. The van der Waals surface area contributed by atoms with Crippen molar-refractivity contribution in [2.75, 3.05) is 10.8 Å².